The van der Waals surface area contributed by atoms with Crippen molar-refractivity contribution in [2.24, 2.45) is 5.41 Å². The molecule has 1 aliphatic carbocycles. The van der Waals surface area contributed by atoms with Gasteiger partial charge in [0.05, 0.1) is 0 Å². The first-order chi connectivity index (χ1) is 13.6. The zero-order chi connectivity index (χ0) is 20.9. The number of nitrogens with one attached hydrogen (secondary N) is 1. The van der Waals surface area contributed by atoms with Crippen LogP contribution in [-0.2, 0) is 11.3 Å². The summed E-state index contributed by atoms with van der Waals surface area (Å²) in [5.74, 6) is 0.343. The lowest BCUT2D eigenvalue weighted by Gasteiger charge is -2.50. The van der Waals surface area contributed by atoms with Crippen LogP contribution in [0.3, 0.4) is 0 Å². The first-order valence-electron chi connectivity index (χ1n) is 10.6. The third-order valence-corrected chi connectivity index (χ3v) is 6.29. The number of anilines is 2. The highest BCUT2D eigenvalue weighted by atomic mass is 19.1. The second-order valence-corrected chi connectivity index (χ2v) is 9.96. The van der Waals surface area contributed by atoms with E-state index >= 15 is 0 Å². The fraction of sp³-hybridized carbons (Fsp3) is 0.480. The van der Waals surface area contributed by atoms with Gasteiger partial charge in [-0.05, 0) is 78.6 Å². The van der Waals surface area contributed by atoms with E-state index in [1.807, 2.05) is 6.07 Å². The number of rotatable bonds is 3. The number of carbonyl (C=O) groups is 1. The molecule has 0 spiro atoms. The molecule has 1 aliphatic heterocycles. The Morgan fingerprint density at radius 1 is 1.14 bits per heavy atom. The van der Waals surface area contributed by atoms with Crippen LogP contribution in [0.25, 0.3) is 0 Å². The topological polar surface area (TPSA) is 32.3 Å². The number of hydrogen-bond acceptors (Lipinski definition) is 2. The van der Waals surface area contributed by atoms with E-state index in [4.69, 9.17) is 0 Å². The molecule has 0 aromatic heterocycles. The van der Waals surface area contributed by atoms with Crippen LogP contribution in [0, 0.1) is 25.1 Å². The lowest BCUT2D eigenvalue weighted by atomic mass is 9.70. The summed E-state index contributed by atoms with van der Waals surface area (Å²) in [5.41, 5.74) is 6.67. The summed E-state index contributed by atoms with van der Waals surface area (Å²) >= 11 is 0. The summed E-state index contributed by atoms with van der Waals surface area (Å²) in [5, 5.41) is 3.12. The van der Waals surface area contributed by atoms with Crippen molar-refractivity contribution >= 4 is 17.3 Å². The summed E-state index contributed by atoms with van der Waals surface area (Å²) in [7, 11) is 0. The van der Waals surface area contributed by atoms with Gasteiger partial charge in [0.25, 0.3) is 0 Å². The van der Waals surface area contributed by atoms with E-state index in [2.05, 4.69) is 57.0 Å². The van der Waals surface area contributed by atoms with Gasteiger partial charge >= 0.3 is 0 Å². The normalized spacial score (nSPS) is 20.6. The standard InChI is InChI=1S/C25H31FN2O/c1-15-10-19(11-16(2)24(15)27-23(29)13-25(3,4)5)28-14-17-6-7-18(26)12-21(17)20-8-9-22(20)28/h6-7,10-12,20,22H,8-9,13-14H2,1-5H3,(H,27,29). The van der Waals surface area contributed by atoms with Gasteiger partial charge < -0.3 is 10.2 Å². The number of nitrogens with zero attached hydrogens (tertiary/aromatic N) is 1. The van der Waals surface area contributed by atoms with Gasteiger partial charge in [-0.2, -0.15) is 0 Å². The molecule has 3 nitrogen and oxygen atoms in total. The van der Waals surface area contributed by atoms with Gasteiger partial charge in [-0.3, -0.25) is 4.79 Å². The van der Waals surface area contributed by atoms with Gasteiger partial charge in [0.15, 0.2) is 0 Å². The maximum absolute atomic E-state index is 13.7. The number of carbonyl (C=O) groups excluding carboxylic acids is 1. The Bertz CT molecular complexity index is 937. The summed E-state index contributed by atoms with van der Waals surface area (Å²) in [4.78, 5) is 14.9. The molecule has 0 saturated heterocycles. The SMILES string of the molecule is Cc1cc(N2Cc3ccc(F)cc3C3CCC32)cc(C)c1NC(=O)CC(C)(C)C. The lowest BCUT2D eigenvalue weighted by Crippen LogP contribution is -2.49. The summed E-state index contributed by atoms with van der Waals surface area (Å²) < 4.78 is 13.7. The predicted molar refractivity (Wildman–Crippen MR) is 117 cm³/mol. The molecule has 1 heterocycles. The van der Waals surface area contributed by atoms with Gasteiger partial charge in [-0.25, -0.2) is 4.39 Å². The number of benzene rings is 2. The Balaban J connectivity index is 1.60. The lowest BCUT2D eigenvalue weighted by molar-refractivity contribution is -0.117. The Labute approximate surface area is 173 Å². The van der Waals surface area contributed by atoms with Gasteiger partial charge in [-0.1, -0.05) is 26.8 Å². The van der Waals surface area contributed by atoms with Crippen LogP contribution in [0.4, 0.5) is 15.8 Å². The molecule has 154 valence electrons. The summed E-state index contributed by atoms with van der Waals surface area (Å²) in [6, 6.07) is 10.0. The highest BCUT2D eigenvalue weighted by Gasteiger charge is 2.41. The number of halogens is 1. The van der Waals surface area contributed by atoms with Crippen molar-refractivity contribution < 1.29 is 9.18 Å². The number of hydrogen-bond donors (Lipinski definition) is 1. The minimum absolute atomic E-state index is 0.0360. The van der Waals surface area contributed by atoms with E-state index in [1.54, 1.807) is 12.1 Å². The molecule has 2 aromatic rings. The average Bonchev–Trinajstić information content (AvgIpc) is 2.56. The van der Waals surface area contributed by atoms with E-state index in [-0.39, 0.29) is 17.1 Å². The minimum Gasteiger partial charge on any atom is -0.364 e. The van der Waals surface area contributed by atoms with E-state index in [0.29, 0.717) is 18.4 Å². The molecular formula is C25H31FN2O. The van der Waals surface area contributed by atoms with E-state index in [0.717, 1.165) is 36.2 Å². The van der Waals surface area contributed by atoms with Crippen molar-refractivity contribution in [2.75, 3.05) is 10.2 Å². The quantitative estimate of drug-likeness (QED) is 0.684. The highest BCUT2D eigenvalue weighted by Crippen LogP contribution is 2.48. The highest BCUT2D eigenvalue weighted by molar-refractivity contribution is 5.93. The molecule has 2 atom stereocenters. The maximum Gasteiger partial charge on any atom is 0.224 e. The van der Waals surface area contributed by atoms with Crippen molar-refractivity contribution in [3.63, 3.8) is 0 Å². The Hall–Kier alpha value is -2.36. The fourth-order valence-electron chi connectivity index (χ4n) is 4.83. The van der Waals surface area contributed by atoms with Gasteiger partial charge in [0.1, 0.15) is 5.82 Å². The maximum atomic E-state index is 13.7. The van der Waals surface area contributed by atoms with Crippen molar-refractivity contribution in [2.45, 2.75) is 72.4 Å². The number of amides is 1. The average molecular weight is 395 g/mol. The molecular weight excluding hydrogens is 363 g/mol. The van der Waals surface area contributed by atoms with Crippen molar-refractivity contribution in [1.29, 1.82) is 0 Å². The number of aryl methyl sites for hydroxylation is 2. The Kier molecular flexibility index (Phi) is 4.92. The summed E-state index contributed by atoms with van der Waals surface area (Å²) in [6.07, 6.45) is 2.76. The third-order valence-electron chi connectivity index (χ3n) is 6.29. The predicted octanol–water partition coefficient (Wildman–Crippen LogP) is 6.08. The van der Waals surface area contributed by atoms with Crippen molar-refractivity contribution in [3.05, 3.63) is 58.4 Å². The largest absolute Gasteiger partial charge is 0.364 e. The molecule has 4 heteroatoms. The molecule has 2 aromatic carbocycles. The first kappa shape index (κ1) is 19.9. The third kappa shape index (κ3) is 3.90. The van der Waals surface area contributed by atoms with Crippen LogP contribution in [-0.4, -0.2) is 11.9 Å². The second kappa shape index (κ2) is 7.16. The van der Waals surface area contributed by atoms with E-state index in [1.165, 1.54) is 16.8 Å². The van der Waals surface area contributed by atoms with Crippen LogP contribution in [0.1, 0.15) is 68.2 Å². The fourth-order valence-corrected chi connectivity index (χ4v) is 4.83. The Morgan fingerprint density at radius 2 is 1.83 bits per heavy atom. The number of fused-ring (bicyclic) bond motifs is 3. The molecule has 2 aliphatic rings. The second-order valence-electron chi connectivity index (χ2n) is 9.96. The van der Waals surface area contributed by atoms with Gasteiger partial charge in [0, 0.05) is 36.3 Å². The smallest absolute Gasteiger partial charge is 0.224 e. The summed E-state index contributed by atoms with van der Waals surface area (Å²) in [6.45, 7) is 11.2. The molecule has 0 radical (unpaired) electrons. The van der Waals surface area contributed by atoms with Crippen LogP contribution in [0.15, 0.2) is 30.3 Å². The molecule has 1 saturated carbocycles. The zero-order valence-electron chi connectivity index (χ0n) is 18.1. The van der Waals surface area contributed by atoms with Crippen molar-refractivity contribution in [3.8, 4) is 0 Å². The molecule has 29 heavy (non-hydrogen) atoms. The van der Waals surface area contributed by atoms with Gasteiger partial charge in [0.2, 0.25) is 5.91 Å². The van der Waals surface area contributed by atoms with E-state index < -0.39 is 0 Å². The van der Waals surface area contributed by atoms with Gasteiger partial charge in [-0.15, -0.1) is 0 Å². The molecule has 1 N–H and O–H groups in total. The van der Waals surface area contributed by atoms with E-state index in [9.17, 15) is 9.18 Å². The van der Waals surface area contributed by atoms with Crippen LogP contribution in [0.5, 0.6) is 0 Å². The first-order valence-corrected chi connectivity index (χ1v) is 10.6. The monoisotopic (exact) mass is 394 g/mol. The zero-order valence-corrected chi connectivity index (χ0v) is 18.1. The van der Waals surface area contributed by atoms with Crippen molar-refractivity contribution in [1.82, 2.24) is 0 Å². The molecule has 2 unspecified atom stereocenters. The molecule has 1 amide bonds. The molecule has 4 rings (SSSR count). The van der Waals surface area contributed by atoms with Crippen LogP contribution in [0.2, 0.25) is 0 Å². The molecule has 1 fully saturated rings. The molecule has 0 bridgehead atoms. The Morgan fingerprint density at radius 3 is 2.41 bits per heavy atom. The van der Waals surface area contributed by atoms with Crippen LogP contribution >= 0.6 is 0 Å². The minimum atomic E-state index is -0.134. The van der Waals surface area contributed by atoms with Crippen LogP contribution < -0.4 is 10.2 Å².